The summed E-state index contributed by atoms with van der Waals surface area (Å²) < 4.78 is 2.72. The van der Waals surface area contributed by atoms with Gasteiger partial charge in [0.2, 0.25) is 0 Å². The Bertz CT molecular complexity index is 803. The van der Waals surface area contributed by atoms with Crippen molar-refractivity contribution in [2.75, 3.05) is 32.1 Å². The third-order valence-electron chi connectivity index (χ3n) is 4.70. The second kappa shape index (κ2) is 7.35. The number of hydrogen-bond donors (Lipinski definition) is 1. The number of rotatable bonds is 4. The Morgan fingerprint density at radius 1 is 1.40 bits per heavy atom. The number of piperidine rings is 1. The molecule has 134 valence electrons. The van der Waals surface area contributed by atoms with Crippen molar-refractivity contribution in [1.29, 1.82) is 0 Å². The number of amides is 1. The van der Waals surface area contributed by atoms with Crippen LogP contribution in [-0.4, -0.2) is 57.7 Å². The number of H-pyrrole nitrogens is 1. The van der Waals surface area contributed by atoms with E-state index < -0.39 is 0 Å². The van der Waals surface area contributed by atoms with Crippen molar-refractivity contribution in [3.63, 3.8) is 0 Å². The second-order valence-electron chi connectivity index (χ2n) is 6.49. The van der Waals surface area contributed by atoms with Gasteiger partial charge in [-0.3, -0.25) is 9.89 Å². The molecule has 2 aromatic heterocycles. The molecule has 0 unspecified atom stereocenters. The Morgan fingerprint density at radius 3 is 2.76 bits per heavy atom. The van der Waals surface area contributed by atoms with E-state index in [9.17, 15) is 4.79 Å². The van der Waals surface area contributed by atoms with E-state index >= 15 is 0 Å². The van der Waals surface area contributed by atoms with Crippen LogP contribution >= 0.6 is 12.2 Å². The van der Waals surface area contributed by atoms with Crippen molar-refractivity contribution in [1.82, 2.24) is 24.6 Å². The van der Waals surface area contributed by atoms with Gasteiger partial charge in [-0.1, -0.05) is 0 Å². The zero-order valence-electron chi connectivity index (χ0n) is 14.9. The van der Waals surface area contributed by atoms with Crippen LogP contribution in [0.2, 0.25) is 0 Å². The van der Waals surface area contributed by atoms with Crippen LogP contribution in [0, 0.1) is 4.77 Å². The fourth-order valence-electron chi connectivity index (χ4n) is 3.27. The largest absolute Gasteiger partial charge is 0.363 e. The average Bonchev–Trinajstić information content (AvgIpc) is 3.02. The third-order valence-corrected chi connectivity index (χ3v) is 5.01. The first-order chi connectivity index (χ1) is 12.0. The van der Waals surface area contributed by atoms with Crippen LogP contribution < -0.4 is 4.90 Å². The first-order valence-corrected chi connectivity index (χ1v) is 8.99. The maximum atomic E-state index is 12.8. The molecule has 1 aliphatic rings. The van der Waals surface area contributed by atoms with Crippen LogP contribution in [0.1, 0.15) is 41.9 Å². The zero-order valence-corrected chi connectivity index (χ0v) is 15.7. The molecule has 0 aliphatic carbocycles. The molecule has 0 spiro atoms. The molecular weight excluding hydrogens is 336 g/mol. The van der Waals surface area contributed by atoms with E-state index in [-0.39, 0.29) is 5.91 Å². The van der Waals surface area contributed by atoms with Crippen molar-refractivity contribution in [3.8, 4) is 0 Å². The van der Waals surface area contributed by atoms with Crippen molar-refractivity contribution >= 4 is 23.9 Å². The summed E-state index contributed by atoms with van der Waals surface area (Å²) in [6.45, 7) is 4.34. The lowest BCUT2D eigenvalue weighted by molar-refractivity contribution is 0.0710. The topological polar surface area (TPSA) is 70.1 Å². The highest BCUT2D eigenvalue weighted by Gasteiger charge is 2.27. The average molecular weight is 360 g/mol. The van der Waals surface area contributed by atoms with Gasteiger partial charge in [-0.2, -0.15) is 5.10 Å². The van der Waals surface area contributed by atoms with Crippen molar-refractivity contribution in [2.45, 2.75) is 32.2 Å². The lowest BCUT2D eigenvalue weighted by atomic mass is 9.95. The molecule has 0 atom stereocenters. The summed E-state index contributed by atoms with van der Waals surface area (Å²) in [4.78, 5) is 20.9. The van der Waals surface area contributed by atoms with E-state index in [0.717, 1.165) is 44.1 Å². The van der Waals surface area contributed by atoms with Crippen LogP contribution in [0.25, 0.3) is 0 Å². The molecular formula is C17H24N6OS. The molecule has 2 aromatic rings. The predicted molar refractivity (Wildman–Crippen MR) is 99.5 cm³/mol. The molecule has 0 bridgehead atoms. The SMILES string of the molecule is CCn1c(C2CCN(C(=O)c3ccnc(N(C)C)c3)CC2)n[nH]c1=S. The van der Waals surface area contributed by atoms with E-state index in [1.807, 2.05) is 34.5 Å². The fourth-order valence-corrected chi connectivity index (χ4v) is 3.53. The van der Waals surface area contributed by atoms with Gasteiger partial charge >= 0.3 is 0 Å². The molecule has 1 saturated heterocycles. The monoisotopic (exact) mass is 360 g/mol. The molecule has 3 heterocycles. The van der Waals surface area contributed by atoms with Crippen molar-refractivity contribution < 1.29 is 4.79 Å². The molecule has 1 N–H and O–H groups in total. The highest BCUT2D eigenvalue weighted by atomic mass is 32.1. The summed E-state index contributed by atoms with van der Waals surface area (Å²) >= 11 is 5.27. The zero-order chi connectivity index (χ0) is 18.0. The summed E-state index contributed by atoms with van der Waals surface area (Å²) in [5.41, 5.74) is 0.688. The van der Waals surface area contributed by atoms with Crippen LogP contribution in [0.5, 0.6) is 0 Å². The summed E-state index contributed by atoms with van der Waals surface area (Å²) in [6, 6.07) is 3.63. The number of nitrogens with one attached hydrogen (secondary N) is 1. The van der Waals surface area contributed by atoms with Crippen molar-refractivity contribution in [2.24, 2.45) is 0 Å². The number of carbonyl (C=O) groups is 1. The molecule has 3 rings (SSSR count). The molecule has 0 aromatic carbocycles. The standard InChI is InChI=1S/C17H24N6OS/c1-4-23-15(19-20-17(23)25)12-6-9-22(10-7-12)16(24)13-5-8-18-14(11-13)21(2)3/h5,8,11-12H,4,6-7,9-10H2,1-3H3,(H,20,25). The molecule has 0 saturated carbocycles. The van der Waals surface area contributed by atoms with Gasteiger partial charge in [0.1, 0.15) is 11.6 Å². The molecule has 7 nitrogen and oxygen atoms in total. The van der Waals surface area contributed by atoms with Gasteiger partial charge in [0.15, 0.2) is 4.77 Å². The first kappa shape index (κ1) is 17.6. The Balaban J connectivity index is 1.68. The Labute approximate surface area is 152 Å². The van der Waals surface area contributed by atoms with E-state index in [0.29, 0.717) is 16.3 Å². The number of carbonyl (C=O) groups excluding carboxylic acids is 1. The molecule has 8 heteroatoms. The summed E-state index contributed by atoms with van der Waals surface area (Å²) in [6.07, 6.45) is 3.49. The van der Waals surface area contributed by atoms with E-state index in [1.165, 1.54) is 0 Å². The molecule has 1 fully saturated rings. The summed E-state index contributed by atoms with van der Waals surface area (Å²) in [5, 5.41) is 7.28. The summed E-state index contributed by atoms with van der Waals surface area (Å²) in [7, 11) is 3.84. The highest BCUT2D eigenvalue weighted by Crippen LogP contribution is 2.27. The number of pyridine rings is 1. The Morgan fingerprint density at radius 2 is 2.12 bits per heavy atom. The molecule has 0 radical (unpaired) electrons. The molecule has 1 aliphatic heterocycles. The number of hydrogen-bond acceptors (Lipinski definition) is 5. The Kier molecular flexibility index (Phi) is 5.17. The lowest BCUT2D eigenvalue weighted by Gasteiger charge is -2.31. The fraction of sp³-hybridized carbons (Fsp3) is 0.529. The van der Waals surface area contributed by atoms with Crippen molar-refractivity contribution in [3.05, 3.63) is 34.5 Å². The third kappa shape index (κ3) is 3.58. The number of aromatic amines is 1. The highest BCUT2D eigenvalue weighted by molar-refractivity contribution is 7.71. The minimum absolute atomic E-state index is 0.0679. The Hall–Kier alpha value is -2.22. The molecule has 1 amide bonds. The number of likely N-dealkylation sites (tertiary alicyclic amines) is 1. The molecule has 25 heavy (non-hydrogen) atoms. The van der Waals surface area contributed by atoms with Crippen LogP contribution in [0.15, 0.2) is 18.3 Å². The van der Waals surface area contributed by atoms with Gasteiger partial charge in [0, 0.05) is 51.4 Å². The minimum atomic E-state index is 0.0679. The van der Waals surface area contributed by atoms with Gasteiger partial charge < -0.3 is 14.4 Å². The van der Waals surface area contributed by atoms with Crippen LogP contribution in [-0.2, 0) is 6.54 Å². The smallest absolute Gasteiger partial charge is 0.254 e. The normalized spacial score (nSPS) is 15.4. The number of nitrogens with zero attached hydrogens (tertiary/aromatic N) is 5. The van der Waals surface area contributed by atoms with Gasteiger partial charge in [-0.25, -0.2) is 4.98 Å². The predicted octanol–water partition coefficient (Wildman–Crippen LogP) is 2.44. The van der Waals surface area contributed by atoms with Crippen LogP contribution in [0.3, 0.4) is 0 Å². The van der Waals surface area contributed by atoms with Crippen LogP contribution in [0.4, 0.5) is 5.82 Å². The van der Waals surface area contributed by atoms with E-state index in [2.05, 4.69) is 22.1 Å². The maximum Gasteiger partial charge on any atom is 0.254 e. The van der Waals surface area contributed by atoms with Gasteiger partial charge in [-0.05, 0) is 44.1 Å². The van der Waals surface area contributed by atoms with Gasteiger partial charge in [-0.15, -0.1) is 0 Å². The van der Waals surface area contributed by atoms with E-state index in [4.69, 9.17) is 12.2 Å². The van der Waals surface area contributed by atoms with E-state index in [1.54, 1.807) is 12.3 Å². The maximum absolute atomic E-state index is 12.8. The van der Waals surface area contributed by atoms with Gasteiger partial charge in [0.25, 0.3) is 5.91 Å². The first-order valence-electron chi connectivity index (χ1n) is 8.59. The quantitative estimate of drug-likeness (QED) is 0.848. The second-order valence-corrected chi connectivity index (χ2v) is 6.88. The number of aromatic nitrogens is 4. The van der Waals surface area contributed by atoms with Gasteiger partial charge in [0.05, 0.1) is 0 Å². The number of anilines is 1. The lowest BCUT2D eigenvalue weighted by Crippen LogP contribution is -2.38. The minimum Gasteiger partial charge on any atom is -0.363 e. The summed E-state index contributed by atoms with van der Waals surface area (Å²) in [5.74, 6) is 2.21.